The topological polar surface area (TPSA) is 81.2 Å². The zero-order chi connectivity index (χ0) is 33.8. The summed E-state index contributed by atoms with van der Waals surface area (Å²) < 4.78 is 4.53. The van der Waals surface area contributed by atoms with Crippen LogP contribution in [0.5, 0.6) is 0 Å². The van der Waals surface area contributed by atoms with E-state index in [2.05, 4.69) is 106 Å². The smallest absolute Gasteiger partial charge is 0.0998 e. The molecule has 0 saturated heterocycles. The summed E-state index contributed by atoms with van der Waals surface area (Å²) in [7, 11) is 0. The highest BCUT2D eigenvalue weighted by atomic mass is 15.0. The van der Waals surface area contributed by atoms with Gasteiger partial charge in [-0.3, -0.25) is 0 Å². The molecule has 5 heteroatoms. The number of benzene rings is 6. The third kappa shape index (κ3) is 4.37. The van der Waals surface area contributed by atoms with E-state index < -0.39 is 0 Å². The van der Waals surface area contributed by atoms with Gasteiger partial charge in [-0.15, -0.1) is 0 Å². The van der Waals surface area contributed by atoms with Crippen molar-refractivity contribution in [1.29, 1.82) is 15.8 Å². The van der Waals surface area contributed by atoms with Crippen molar-refractivity contribution in [3.63, 3.8) is 0 Å². The lowest BCUT2D eigenvalue weighted by Gasteiger charge is -2.17. The van der Waals surface area contributed by atoms with Gasteiger partial charge in [-0.1, -0.05) is 72.8 Å². The van der Waals surface area contributed by atoms with Gasteiger partial charge in [-0.2, -0.15) is 15.8 Å². The Hall–Kier alpha value is -7.13. The van der Waals surface area contributed by atoms with Crippen LogP contribution in [-0.4, -0.2) is 9.13 Å². The molecule has 9 rings (SSSR count). The molecule has 2 heterocycles. The molecule has 0 spiro atoms. The number of para-hydroxylation sites is 2. The zero-order valence-electron chi connectivity index (χ0n) is 26.9. The Morgan fingerprint density at radius 2 is 1.24 bits per heavy atom. The van der Waals surface area contributed by atoms with Crippen LogP contribution in [0.4, 0.5) is 0 Å². The summed E-state index contributed by atoms with van der Waals surface area (Å²) in [6.45, 7) is 0. The number of hydrogen-bond acceptors (Lipinski definition) is 3. The Labute approximate surface area is 289 Å². The van der Waals surface area contributed by atoms with Crippen LogP contribution < -0.4 is 0 Å². The van der Waals surface area contributed by atoms with E-state index in [1.807, 2.05) is 60.7 Å². The van der Waals surface area contributed by atoms with E-state index in [0.29, 0.717) is 16.7 Å². The number of hydrogen-bond donors (Lipinski definition) is 0. The Morgan fingerprint density at radius 1 is 0.540 bits per heavy atom. The van der Waals surface area contributed by atoms with E-state index in [1.54, 1.807) is 0 Å². The average molecular weight is 638 g/mol. The third-order valence-electron chi connectivity index (χ3n) is 9.92. The lowest BCUT2D eigenvalue weighted by Crippen LogP contribution is -2.03. The Morgan fingerprint density at radius 3 is 1.96 bits per heavy atom. The van der Waals surface area contributed by atoms with Crippen LogP contribution in [-0.2, 0) is 6.42 Å². The molecular formula is C45H27N5. The summed E-state index contributed by atoms with van der Waals surface area (Å²) in [6, 6.07) is 49.8. The number of rotatable bonds is 4. The van der Waals surface area contributed by atoms with Gasteiger partial charge in [0.25, 0.3) is 0 Å². The monoisotopic (exact) mass is 637 g/mol. The quantitative estimate of drug-likeness (QED) is 0.193. The summed E-state index contributed by atoms with van der Waals surface area (Å²) in [4.78, 5) is 0. The third-order valence-corrected chi connectivity index (χ3v) is 9.92. The van der Waals surface area contributed by atoms with E-state index in [9.17, 15) is 15.8 Å². The molecule has 0 amide bonds. The minimum absolute atomic E-state index is 0.562. The molecule has 1 aliphatic rings. The molecule has 0 N–H and O–H groups in total. The predicted octanol–water partition coefficient (Wildman–Crippen LogP) is 10.6. The van der Waals surface area contributed by atoms with Gasteiger partial charge in [0.15, 0.2) is 0 Å². The number of allylic oxidation sites excluding steroid dienone is 1. The van der Waals surface area contributed by atoms with Crippen molar-refractivity contribution in [3.8, 4) is 51.8 Å². The van der Waals surface area contributed by atoms with Gasteiger partial charge in [0.05, 0.1) is 57.1 Å². The summed E-state index contributed by atoms with van der Waals surface area (Å²) in [5, 5.41) is 33.6. The normalized spacial score (nSPS) is 12.1. The molecule has 0 bridgehead atoms. The van der Waals surface area contributed by atoms with Gasteiger partial charge in [-0.25, -0.2) is 0 Å². The fourth-order valence-corrected chi connectivity index (χ4v) is 7.72. The second-order valence-electron chi connectivity index (χ2n) is 12.6. The summed E-state index contributed by atoms with van der Waals surface area (Å²) in [5.74, 6) is 0. The van der Waals surface area contributed by atoms with Gasteiger partial charge in [0, 0.05) is 44.2 Å². The van der Waals surface area contributed by atoms with E-state index in [1.165, 1.54) is 11.3 Å². The van der Waals surface area contributed by atoms with Crippen molar-refractivity contribution in [2.75, 3.05) is 0 Å². The van der Waals surface area contributed by atoms with Crippen molar-refractivity contribution in [1.82, 2.24) is 9.13 Å². The second-order valence-corrected chi connectivity index (χ2v) is 12.6. The molecular weight excluding hydrogens is 611 g/mol. The second kappa shape index (κ2) is 11.5. The fourth-order valence-electron chi connectivity index (χ4n) is 7.72. The zero-order valence-corrected chi connectivity index (χ0v) is 26.9. The van der Waals surface area contributed by atoms with Crippen LogP contribution in [0.2, 0.25) is 0 Å². The molecule has 2 aromatic heterocycles. The van der Waals surface area contributed by atoms with Crippen LogP contribution in [0.15, 0.2) is 133 Å². The fraction of sp³-hybridized carbons (Fsp3) is 0.0444. The first kappa shape index (κ1) is 29.0. The van der Waals surface area contributed by atoms with Crippen LogP contribution in [0.25, 0.3) is 72.4 Å². The number of aromatic nitrogens is 2. The number of nitrogens with zero attached hydrogens (tertiary/aromatic N) is 5. The highest BCUT2D eigenvalue weighted by Crippen LogP contribution is 2.40. The predicted molar refractivity (Wildman–Crippen MR) is 200 cm³/mol. The molecule has 8 aromatic rings. The van der Waals surface area contributed by atoms with Crippen molar-refractivity contribution >= 4 is 38.8 Å². The van der Waals surface area contributed by atoms with Gasteiger partial charge < -0.3 is 9.13 Å². The average Bonchev–Trinajstić information content (AvgIpc) is 3.70. The SMILES string of the molecule is N#Cc1ccc2c(c1)c1c(n2-c2ccc(-c3cc(-c4c(C#N)cccc4-n4c5ccccc5c5ccccc54)ccc3C#N)cc2)CCC=C1. The van der Waals surface area contributed by atoms with Crippen LogP contribution in [0.1, 0.15) is 34.4 Å². The van der Waals surface area contributed by atoms with Crippen LogP contribution in [0.3, 0.4) is 0 Å². The molecule has 0 atom stereocenters. The van der Waals surface area contributed by atoms with Gasteiger partial charge in [0.2, 0.25) is 0 Å². The minimum Gasteiger partial charge on any atom is -0.313 e. The molecule has 0 unspecified atom stereocenters. The van der Waals surface area contributed by atoms with Crippen molar-refractivity contribution in [2.24, 2.45) is 0 Å². The first-order valence-corrected chi connectivity index (χ1v) is 16.6. The summed E-state index contributed by atoms with van der Waals surface area (Å²) in [5.41, 5.74) is 12.7. The lowest BCUT2D eigenvalue weighted by atomic mass is 9.92. The molecule has 1 aliphatic carbocycles. The molecule has 0 fully saturated rings. The van der Waals surface area contributed by atoms with Gasteiger partial charge in [0.1, 0.15) is 0 Å². The number of nitriles is 3. The van der Waals surface area contributed by atoms with Crippen molar-refractivity contribution in [2.45, 2.75) is 12.8 Å². The molecule has 0 radical (unpaired) electrons. The molecule has 5 nitrogen and oxygen atoms in total. The van der Waals surface area contributed by atoms with E-state index in [4.69, 9.17) is 0 Å². The molecule has 6 aromatic carbocycles. The number of fused-ring (bicyclic) bond motifs is 6. The Balaban J connectivity index is 1.20. The van der Waals surface area contributed by atoms with E-state index in [0.717, 1.165) is 79.2 Å². The molecule has 232 valence electrons. The van der Waals surface area contributed by atoms with Crippen LogP contribution >= 0.6 is 0 Å². The maximum Gasteiger partial charge on any atom is 0.0998 e. The highest BCUT2D eigenvalue weighted by Gasteiger charge is 2.21. The first-order valence-electron chi connectivity index (χ1n) is 16.6. The Kier molecular flexibility index (Phi) is 6.70. The van der Waals surface area contributed by atoms with E-state index in [-0.39, 0.29) is 0 Å². The minimum atomic E-state index is 0.562. The van der Waals surface area contributed by atoms with Gasteiger partial charge >= 0.3 is 0 Å². The maximum atomic E-state index is 10.4. The Bertz CT molecular complexity index is 2790. The summed E-state index contributed by atoms with van der Waals surface area (Å²) in [6.07, 6.45) is 6.25. The van der Waals surface area contributed by atoms with Crippen molar-refractivity contribution in [3.05, 3.63) is 161 Å². The highest BCUT2D eigenvalue weighted by molar-refractivity contribution is 6.10. The summed E-state index contributed by atoms with van der Waals surface area (Å²) >= 11 is 0. The van der Waals surface area contributed by atoms with Crippen molar-refractivity contribution < 1.29 is 0 Å². The van der Waals surface area contributed by atoms with Gasteiger partial charge in [-0.05, 0) is 90.7 Å². The standard InChI is InChI=1S/C45H27N5/c46-26-29-16-23-43-39(24-29)37-11-3-4-12-40(37)49(43)34-21-19-30(20-22-34)38-25-31(17-18-32(38)27-47)45-33(28-48)8-7-15-44(45)50-41-13-5-1-9-35(41)36-10-2-6-14-42(36)50/h1-3,5-11,13-25H,4,12H2. The van der Waals surface area contributed by atoms with E-state index >= 15 is 0 Å². The lowest BCUT2D eigenvalue weighted by molar-refractivity contribution is 0.888. The van der Waals surface area contributed by atoms with Crippen LogP contribution in [0, 0.1) is 34.0 Å². The molecule has 50 heavy (non-hydrogen) atoms. The first-order chi connectivity index (χ1) is 24.7. The largest absolute Gasteiger partial charge is 0.313 e. The molecule has 0 aliphatic heterocycles. The molecule has 0 saturated carbocycles. The maximum absolute atomic E-state index is 10.4.